The molecule has 1 aliphatic heterocycles. The van der Waals surface area contributed by atoms with Crippen LogP contribution in [-0.4, -0.2) is 22.3 Å². The van der Waals surface area contributed by atoms with Gasteiger partial charge in [0, 0.05) is 37.4 Å². The molecule has 3 heterocycles. The summed E-state index contributed by atoms with van der Waals surface area (Å²) >= 11 is 0. The SMILES string of the molecule is Cn1cc([C@H]2OCC[C@@H]2C(=O)N[C@H]2CCCc3occc32)cn1. The average molecular weight is 315 g/mol. The second-order valence-electron chi connectivity index (χ2n) is 6.39. The summed E-state index contributed by atoms with van der Waals surface area (Å²) in [5.74, 6) is 0.917. The van der Waals surface area contributed by atoms with Crippen LogP contribution in [0, 0.1) is 5.92 Å². The molecule has 0 radical (unpaired) electrons. The minimum absolute atomic E-state index is 0.0557. The number of aromatic nitrogens is 2. The monoisotopic (exact) mass is 315 g/mol. The Morgan fingerprint density at radius 2 is 2.35 bits per heavy atom. The van der Waals surface area contributed by atoms with Gasteiger partial charge in [-0.05, 0) is 25.3 Å². The van der Waals surface area contributed by atoms with Crippen LogP contribution < -0.4 is 5.32 Å². The fourth-order valence-corrected chi connectivity index (χ4v) is 3.69. The number of hydrogen-bond acceptors (Lipinski definition) is 4. The van der Waals surface area contributed by atoms with Gasteiger partial charge < -0.3 is 14.5 Å². The highest BCUT2D eigenvalue weighted by molar-refractivity contribution is 5.80. The number of carbonyl (C=O) groups excluding carboxylic acids is 1. The number of rotatable bonds is 3. The molecule has 1 aliphatic carbocycles. The van der Waals surface area contributed by atoms with Crippen LogP contribution in [0.5, 0.6) is 0 Å². The first kappa shape index (κ1) is 14.5. The summed E-state index contributed by atoms with van der Waals surface area (Å²) in [6.07, 6.45) is 8.93. The van der Waals surface area contributed by atoms with Crippen molar-refractivity contribution in [3.8, 4) is 0 Å². The predicted molar refractivity (Wildman–Crippen MR) is 82.5 cm³/mol. The minimum Gasteiger partial charge on any atom is -0.469 e. The summed E-state index contributed by atoms with van der Waals surface area (Å²) in [6.45, 7) is 0.610. The second kappa shape index (κ2) is 5.85. The largest absolute Gasteiger partial charge is 0.469 e. The Hall–Kier alpha value is -2.08. The van der Waals surface area contributed by atoms with Crippen molar-refractivity contribution in [2.45, 2.75) is 37.8 Å². The fourth-order valence-electron chi connectivity index (χ4n) is 3.69. The van der Waals surface area contributed by atoms with Gasteiger partial charge in [0.15, 0.2) is 0 Å². The van der Waals surface area contributed by atoms with Crippen molar-refractivity contribution < 1.29 is 13.9 Å². The maximum absolute atomic E-state index is 12.8. The third kappa shape index (κ3) is 2.67. The molecule has 2 aromatic heterocycles. The van der Waals surface area contributed by atoms with Gasteiger partial charge in [-0.1, -0.05) is 0 Å². The first-order valence-corrected chi connectivity index (χ1v) is 8.19. The number of furan rings is 1. The summed E-state index contributed by atoms with van der Waals surface area (Å²) < 4.78 is 13.0. The van der Waals surface area contributed by atoms with Crippen molar-refractivity contribution >= 4 is 5.91 Å². The number of carbonyl (C=O) groups is 1. The lowest BCUT2D eigenvalue weighted by molar-refractivity contribution is -0.127. The zero-order valence-electron chi connectivity index (χ0n) is 13.2. The maximum Gasteiger partial charge on any atom is 0.226 e. The van der Waals surface area contributed by atoms with Gasteiger partial charge in [0.1, 0.15) is 5.76 Å². The van der Waals surface area contributed by atoms with Crippen LogP contribution in [0.25, 0.3) is 0 Å². The van der Waals surface area contributed by atoms with E-state index in [9.17, 15) is 4.79 Å². The van der Waals surface area contributed by atoms with Gasteiger partial charge in [0.2, 0.25) is 5.91 Å². The maximum atomic E-state index is 12.8. The number of ether oxygens (including phenoxy) is 1. The molecule has 6 nitrogen and oxygen atoms in total. The summed E-state index contributed by atoms with van der Waals surface area (Å²) in [4.78, 5) is 12.8. The smallest absolute Gasteiger partial charge is 0.226 e. The van der Waals surface area contributed by atoms with Gasteiger partial charge in [0.05, 0.1) is 30.5 Å². The molecule has 0 aromatic carbocycles. The fraction of sp³-hybridized carbons (Fsp3) is 0.529. The Bertz CT molecular complexity index is 706. The van der Waals surface area contributed by atoms with E-state index in [2.05, 4.69) is 10.4 Å². The molecule has 23 heavy (non-hydrogen) atoms. The summed E-state index contributed by atoms with van der Waals surface area (Å²) in [5, 5.41) is 7.39. The van der Waals surface area contributed by atoms with E-state index in [-0.39, 0.29) is 24.0 Å². The Balaban J connectivity index is 1.49. The zero-order chi connectivity index (χ0) is 15.8. The summed E-state index contributed by atoms with van der Waals surface area (Å²) in [7, 11) is 1.87. The van der Waals surface area contributed by atoms with E-state index in [4.69, 9.17) is 9.15 Å². The Morgan fingerprint density at radius 1 is 1.43 bits per heavy atom. The van der Waals surface area contributed by atoms with Gasteiger partial charge in [-0.2, -0.15) is 5.10 Å². The molecule has 1 amide bonds. The summed E-state index contributed by atoms with van der Waals surface area (Å²) in [5.41, 5.74) is 2.10. The molecule has 122 valence electrons. The van der Waals surface area contributed by atoms with E-state index < -0.39 is 0 Å². The van der Waals surface area contributed by atoms with Crippen LogP contribution in [0.4, 0.5) is 0 Å². The molecular weight excluding hydrogens is 294 g/mol. The highest BCUT2D eigenvalue weighted by Gasteiger charge is 2.37. The molecule has 0 bridgehead atoms. The van der Waals surface area contributed by atoms with Crippen molar-refractivity contribution in [2.75, 3.05) is 6.61 Å². The molecule has 2 aromatic rings. The molecule has 0 unspecified atom stereocenters. The second-order valence-corrected chi connectivity index (χ2v) is 6.39. The molecular formula is C17H21N3O3. The van der Waals surface area contributed by atoms with Gasteiger partial charge >= 0.3 is 0 Å². The van der Waals surface area contributed by atoms with Crippen molar-refractivity contribution in [1.82, 2.24) is 15.1 Å². The Labute approximate surface area is 134 Å². The first-order chi connectivity index (χ1) is 11.2. The lowest BCUT2D eigenvalue weighted by Crippen LogP contribution is -2.36. The molecule has 1 fully saturated rings. The molecule has 3 atom stereocenters. The number of aryl methyl sites for hydroxylation is 2. The first-order valence-electron chi connectivity index (χ1n) is 8.19. The molecule has 0 saturated carbocycles. The third-order valence-corrected chi connectivity index (χ3v) is 4.85. The van der Waals surface area contributed by atoms with Gasteiger partial charge in [0.25, 0.3) is 0 Å². The predicted octanol–water partition coefficient (Wildman–Crippen LogP) is 2.28. The molecule has 1 saturated heterocycles. The number of amides is 1. The molecule has 4 rings (SSSR count). The lowest BCUT2D eigenvalue weighted by atomic mass is 9.91. The van der Waals surface area contributed by atoms with E-state index in [0.717, 1.165) is 42.6 Å². The molecule has 1 N–H and O–H groups in total. The topological polar surface area (TPSA) is 69.3 Å². The standard InChI is InChI=1S/C17H21N3O3/c1-20-10-11(9-18-20)16-13(6-8-23-16)17(21)19-14-3-2-4-15-12(14)5-7-22-15/h5,7,9-10,13-14,16H,2-4,6,8H2,1H3,(H,19,21)/t13-,14-,16+/m0/s1. The highest BCUT2D eigenvalue weighted by atomic mass is 16.5. The minimum atomic E-state index is -0.198. The van der Waals surface area contributed by atoms with Crippen LogP contribution in [0.1, 0.15) is 48.3 Å². The van der Waals surface area contributed by atoms with Gasteiger partial charge in [-0.15, -0.1) is 0 Å². The number of nitrogens with one attached hydrogen (secondary N) is 1. The van der Waals surface area contributed by atoms with E-state index in [1.54, 1.807) is 17.1 Å². The van der Waals surface area contributed by atoms with E-state index in [1.165, 1.54) is 0 Å². The highest BCUT2D eigenvalue weighted by Crippen LogP contribution is 2.36. The van der Waals surface area contributed by atoms with Crippen LogP contribution in [-0.2, 0) is 23.0 Å². The number of nitrogens with zero attached hydrogens (tertiary/aromatic N) is 2. The number of hydrogen-bond donors (Lipinski definition) is 1. The van der Waals surface area contributed by atoms with Gasteiger partial charge in [-0.25, -0.2) is 0 Å². The van der Waals surface area contributed by atoms with E-state index in [0.29, 0.717) is 6.61 Å². The van der Waals surface area contributed by atoms with Crippen LogP contribution >= 0.6 is 0 Å². The average Bonchev–Trinajstić information content (AvgIpc) is 3.26. The number of fused-ring (bicyclic) bond motifs is 1. The van der Waals surface area contributed by atoms with Crippen molar-refractivity contribution in [2.24, 2.45) is 13.0 Å². The molecule has 2 aliphatic rings. The lowest BCUT2D eigenvalue weighted by Gasteiger charge is -2.25. The van der Waals surface area contributed by atoms with Crippen LogP contribution in [0.3, 0.4) is 0 Å². The van der Waals surface area contributed by atoms with Crippen LogP contribution in [0.15, 0.2) is 29.1 Å². The van der Waals surface area contributed by atoms with Crippen molar-refractivity contribution in [1.29, 1.82) is 0 Å². The van der Waals surface area contributed by atoms with Crippen molar-refractivity contribution in [3.05, 3.63) is 41.6 Å². The Kier molecular flexibility index (Phi) is 3.69. The van der Waals surface area contributed by atoms with Gasteiger partial charge in [-0.3, -0.25) is 9.48 Å². The zero-order valence-corrected chi connectivity index (χ0v) is 13.2. The third-order valence-electron chi connectivity index (χ3n) is 4.85. The Morgan fingerprint density at radius 3 is 3.17 bits per heavy atom. The van der Waals surface area contributed by atoms with Crippen molar-refractivity contribution in [3.63, 3.8) is 0 Å². The molecule has 0 spiro atoms. The van der Waals surface area contributed by atoms with Crippen LogP contribution in [0.2, 0.25) is 0 Å². The molecule has 6 heteroatoms. The summed E-state index contributed by atoms with van der Waals surface area (Å²) in [6, 6.07) is 2.03. The normalized spacial score (nSPS) is 26.9. The quantitative estimate of drug-likeness (QED) is 0.943. The van der Waals surface area contributed by atoms with E-state index >= 15 is 0 Å². The van der Waals surface area contributed by atoms with E-state index in [1.807, 2.05) is 19.3 Å².